The molecular formula is C21H25NO. The number of benzene rings is 2. The van der Waals surface area contributed by atoms with E-state index in [1.165, 1.54) is 36.9 Å². The smallest absolute Gasteiger partial charge is 0.0721 e. The van der Waals surface area contributed by atoms with Crippen molar-refractivity contribution in [3.63, 3.8) is 0 Å². The van der Waals surface area contributed by atoms with E-state index in [9.17, 15) is 0 Å². The molecule has 1 saturated heterocycles. The summed E-state index contributed by atoms with van der Waals surface area (Å²) in [6.07, 6.45) is 4.37. The molecular weight excluding hydrogens is 282 g/mol. The average Bonchev–Trinajstić information content (AvgIpc) is 3.33. The van der Waals surface area contributed by atoms with Gasteiger partial charge in [-0.1, -0.05) is 60.7 Å². The highest BCUT2D eigenvalue weighted by atomic mass is 16.5. The minimum atomic E-state index is 0.371. The van der Waals surface area contributed by atoms with Crippen molar-refractivity contribution in [1.82, 2.24) is 4.90 Å². The summed E-state index contributed by atoms with van der Waals surface area (Å²) in [6.45, 7) is 4.09. The van der Waals surface area contributed by atoms with Gasteiger partial charge in [-0.05, 0) is 35.8 Å². The molecule has 0 aromatic heterocycles. The molecule has 0 radical (unpaired) electrons. The van der Waals surface area contributed by atoms with Crippen LogP contribution in [-0.4, -0.2) is 24.1 Å². The van der Waals surface area contributed by atoms with Crippen molar-refractivity contribution in [2.24, 2.45) is 5.41 Å². The topological polar surface area (TPSA) is 12.5 Å². The van der Waals surface area contributed by atoms with Crippen LogP contribution in [0, 0.1) is 5.41 Å². The Hall–Kier alpha value is -1.64. The van der Waals surface area contributed by atoms with Gasteiger partial charge in [-0.3, -0.25) is 4.90 Å². The minimum Gasteiger partial charge on any atom is -0.372 e. The van der Waals surface area contributed by atoms with E-state index in [1.54, 1.807) is 0 Å². The first kappa shape index (κ1) is 14.9. The Balaban J connectivity index is 1.38. The average molecular weight is 307 g/mol. The van der Waals surface area contributed by atoms with Gasteiger partial charge in [0.2, 0.25) is 0 Å². The van der Waals surface area contributed by atoms with Gasteiger partial charge in [0.1, 0.15) is 0 Å². The van der Waals surface area contributed by atoms with Gasteiger partial charge < -0.3 is 4.74 Å². The first-order chi connectivity index (χ1) is 11.3. The van der Waals surface area contributed by atoms with Crippen LogP contribution >= 0.6 is 0 Å². The van der Waals surface area contributed by atoms with E-state index in [1.807, 2.05) is 0 Å². The lowest BCUT2D eigenvalue weighted by molar-refractivity contribution is -0.0364. The van der Waals surface area contributed by atoms with Gasteiger partial charge in [-0.25, -0.2) is 0 Å². The molecule has 2 nitrogen and oxygen atoms in total. The van der Waals surface area contributed by atoms with Crippen molar-refractivity contribution >= 4 is 0 Å². The van der Waals surface area contributed by atoms with Crippen LogP contribution in [0.15, 0.2) is 60.7 Å². The number of likely N-dealkylation sites (tertiary alicyclic amines) is 1. The summed E-state index contributed by atoms with van der Waals surface area (Å²) in [6, 6.07) is 21.4. The van der Waals surface area contributed by atoms with E-state index >= 15 is 0 Å². The Labute approximate surface area is 139 Å². The first-order valence-corrected chi connectivity index (χ1v) is 8.73. The fourth-order valence-corrected chi connectivity index (χ4v) is 3.84. The number of piperidine rings is 1. The molecule has 2 aromatic carbocycles. The maximum atomic E-state index is 6.27. The summed E-state index contributed by atoms with van der Waals surface area (Å²) in [4.78, 5) is 2.60. The molecule has 4 rings (SSSR count). The lowest BCUT2D eigenvalue weighted by atomic mass is 9.92. The van der Waals surface area contributed by atoms with Crippen LogP contribution in [0.1, 0.15) is 30.4 Å². The minimum absolute atomic E-state index is 0.371. The maximum absolute atomic E-state index is 6.27. The van der Waals surface area contributed by atoms with Crippen LogP contribution in [0.5, 0.6) is 0 Å². The Morgan fingerprint density at radius 2 is 1.57 bits per heavy atom. The van der Waals surface area contributed by atoms with Gasteiger partial charge >= 0.3 is 0 Å². The van der Waals surface area contributed by atoms with Crippen molar-refractivity contribution in [2.75, 3.05) is 13.1 Å². The Bertz CT molecular complexity index is 621. The molecule has 1 spiro atoms. The van der Waals surface area contributed by atoms with Gasteiger partial charge in [0.15, 0.2) is 0 Å². The van der Waals surface area contributed by atoms with E-state index in [-0.39, 0.29) is 0 Å². The second kappa shape index (κ2) is 6.46. The van der Waals surface area contributed by atoms with Crippen LogP contribution in [0.3, 0.4) is 0 Å². The lowest BCUT2D eigenvalue weighted by Crippen LogP contribution is -2.44. The van der Waals surface area contributed by atoms with Crippen molar-refractivity contribution in [3.8, 4) is 0 Å². The normalized spacial score (nSPS) is 23.0. The van der Waals surface area contributed by atoms with Gasteiger partial charge in [0, 0.05) is 19.6 Å². The highest BCUT2D eigenvalue weighted by Crippen LogP contribution is 2.52. The van der Waals surface area contributed by atoms with E-state index in [0.717, 1.165) is 19.7 Å². The van der Waals surface area contributed by atoms with Gasteiger partial charge in [0.05, 0.1) is 12.7 Å². The molecule has 2 aromatic rings. The van der Waals surface area contributed by atoms with E-state index in [0.29, 0.717) is 11.5 Å². The van der Waals surface area contributed by atoms with E-state index < -0.39 is 0 Å². The highest BCUT2D eigenvalue weighted by molar-refractivity contribution is 5.16. The Kier molecular flexibility index (Phi) is 4.19. The van der Waals surface area contributed by atoms with Gasteiger partial charge in [-0.2, -0.15) is 0 Å². The fourth-order valence-electron chi connectivity index (χ4n) is 3.84. The summed E-state index contributed by atoms with van der Waals surface area (Å²) in [7, 11) is 0. The standard InChI is InChI=1S/C21H25NO/c1-3-7-18(8-4-1)14-22-15-20(13-21(17-22)11-12-21)23-16-19-9-5-2-6-10-19/h1-10,20H,11-17H2/t20-/m0/s1. The molecule has 1 heterocycles. The first-order valence-electron chi connectivity index (χ1n) is 8.73. The molecule has 1 atom stereocenters. The van der Waals surface area contributed by atoms with Gasteiger partial charge in [0.25, 0.3) is 0 Å². The van der Waals surface area contributed by atoms with Gasteiger partial charge in [-0.15, -0.1) is 0 Å². The summed E-state index contributed by atoms with van der Waals surface area (Å²) in [5.41, 5.74) is 3.23. The number of rotatable bonds is 5. The second-order valence-corrected chi connectivity index (χ2v) is 7.28. The molecule has 120 valence electrons. The van der Waals surface area contributed by atoms with E-state index in [2.05, 4.69) is 65.6 Å². The molecule has 0 bridgehead atoms. The summed E-state index contributed by atoms with van der Waals surface area (Å²) in [5.74, 6) is 0. The highest BCUT2D eigenvalue weighted by Gasteiger charge is 2.48. The monoisotopic (exact) mass is 307 g/mol. The Morgan fingerprint density at radius 3 is 2.22 bits per heavy atom. The van der Waals surface area contributed by atoms with Crippen molar-refractivity contribution in [1.29, 1.82) is 0 Å². The number of hydrogen-bond donors (Lipinski definition) is 0. The van der Waals surface area contributed by atoms with Crippen LogP contribution in [-0.2, 0) is 17.9 Å². The number of hydrogen-bond acceptors (Lipinski definition) is 2. The van der Waals surface area contributed by atoms with Crippen LogP contribution in [0.25, 0.3) is 0 Å². The molecule has 2 heteroatoms. The molecule has 0 N–H and O–H groups in total. The molecule has 1 aliphatic carbocycles. The van der Waals surface area contributed by atoms with E-state index in [4.69, 9.17) is 4.74 Å². The van der Waals surface area contributed by atoms with Crippen molar-refractivity contribution in [3.05, 3.63) is 71.8 Å². The molecule has 23 heavy (non-hydrogen) atoms. The molecule has 1 saturated carbocycles. The second-order valence-electron chi connectivity index (χ2n) is 7.28. The maximum Gasteiger partial charge on any atom is 0.0721 e. The zero-order chi connectivity index (χ0) is 15.5. The number of nitrogens with zero attached hydrogens (tertiary/aromatic N) is 1. The molecule has 2 aliphatic rings. The molecule has 0 amide bonds. The molecule has 2 fully saturated rings. The summed E-state index contributed by atoms with van der Waals surface area (Å²) in [5, 5.41) is 0. The number of ether oxygens (including phenoxy) is 1. The van der Waals surface area contributed by atoms with Crippen molar-refractivity contribution < 1.29 is 4.74 Å². The quantitative estimate of drug-likeness (QED) is 0.818. The molecule has 1 aliphatic heterocycles. The third-order valence-electron chi connectivity index (χ3n) is 5.22. The predicted molar refractivity (Wildman–Crippen MR) is 93.0 cm³/mol. The third kappa shape index (κ3) is 3.82. The largest absolute Gasteiger partial charge is 0.372 e. The van der Waals surface area contributed by atoms with Crippen LogP contribution < -0.4 is 0 Å². The van der Waals surface area contributed by atoms with Crippen molar-refractivity contribution in [2.45, 2.75) is 38.5 Å². The van der Waals surface area contributed by atoms with Crippen LogP contribution in [0.2, 0.25) is 0 Å². The lowest BCUT2D eigenvalue weighted by Gasteiger charge is -2.38. The SMILES string of the molecule is c1ccc(CO[C@@H]2CN(Cc3ccccc3)CC3(CC3)C2)cc1. The predicted octanol–water partition coefficient (Wildman–Crippen LogP) is 4.26. The zero-order valence-electron chi connectivity index (χ0n) is 13.7. The summed E-state index contributed by atoms with van der Waals surface area (Å²) < 4.78 is 6.27. The zero-order valence-corrected chi connectivity index (χ0v) is 13.7. The van der Waals surface area contributed by atoms with Crippen LogP contribution in [0.4, 0.5) is 0 Å². The summed E-state index contributed by atoms with van der Waals surface area (Å²) >= 11 is 0. The third-order valence-corrected chi connectivity index (χ3v) is 5.22. The molecule has 0 unspecified atom stereocenters. The Morgan fingerprint density at radius 1 is 0.913 bits per heavy atom. The fraction of sp³-hybridized carbons (Fsp3) is 0.429.